The standard InChI is InChI=1S/C20H22ClN3O6S/c1-30-17-6-4-3-5-15(17)19(26)22-16(11-12-31(2,28)29)20(27)24-23-18(25)13-7-9-14(21)10-8-13/h3-10,16H,11-12H2,1-2H3,(H,22,26)(H,23,25)(H,24,27)/t16-/m0/s1. The molecule has 2 rings (SSSR count). The summed E-state index contributed by atoms with van der Waals surface area (Å²) in [7, 11) is -2.01. The van der Waals surface area contributed by atoms with Crippen molar-refractivity contribution in [2.24, 2.45) is 0 Å². The molecule has 11 heteroatoms. The Labute approximate surface area is 185 Å². The van der Waals surface area contributed by atoms with Crippen LogP contribution in [0.2, 0.25) is 5.02 Å². The Balaban J connectivity index is 2.10. The number of hydrogen-bond donors (Lipinski definition) is 3. The zero-order valence-electron chi connectivity index (χ0n) is 16.8. The average molecular weight is 468 g/mol. The van der Waals surface area contributed by atoms with E-state index in [2.05, 4.69) is 16.2 Å². The van der Waals surface area contributed by atoms with E-state index in [0.717, 1.165) is 6.26 Å². The smallest absolute Gasteiger partial charge is 0.269 e. The number of para-hydroxylation sites is 1. The highest BCUT2D eigenvalue weighted by Gasteiger charge is 2.24. The lowest BCUT2D eigenvalue weighted by atomic mass is 10.1. The summed E-state index contributed by atoms with van der Waals surface area (Å²) in [5.41, 5.74) is 4.85. The first kappa shape index (κ1) is 24.2. The molecule has 0 saturated heterocycles. The van der Waals surface area contributed by atoms with Crippen molar-refractivity contribution in [3.8, 4) is 5.75 Å². The number of nitrogens with one attached hydrogen (secondary N) is 3. The van der Waals surface area contributed by atoms with Crippen molar-refractivity contribution in [1.82, 2.24) is 16.2 Å². The minimum atomic E-state index is -3.40. The van der Waals surface area contributed by atoms with E-state index in [1.54, 1.807) is 18.2 Å². The molecule has 0 fully saturated rings. The fraction of sp³-hybridized carbons (Fsp3) is 0.250. The third kappa shape index (κ3) is 7.58. The molecule has 0 bridgehead atoms. The number of carbonyl (C=O) groups is 3. The Bertz CT molecular complexity index is 1060. The number of hydrogen-bond acceptors (Lipinski definition) is 6. The van der Waals surface area contributed by atoms with E-state index < -0.39 is 33.6 Å². The van der Waals surface area contributed by atoms with Gasteiger partial charge in [-0.1, -0.05) is 23.7 Å². The second-order valence-corrected chi connectivity index (χ2v) is 9.29. The van der Waals surface area contributed by atoms with Gasteiger partial charge in [0, 0.05) is 16.8 Å². The second kappa shape index (κ2) is 10.8. The first-order chi connectivity index (χ1) is 14.6. The van der Waals surface area contributed by atoms with Gasteiger partial charge in [-0.25, -0.2) is 8.42 Å². The lowest BCUT2D eigenvalue weighted by Crippen LogP contribution is -2.52. The molecule has 0 radical (unpaired) electrons. The number of methoxy groups -OCH3 is 1. The molecule has 3 amide bonds. The first-order valence-electron chi connectivity index (χ1n) is 9.08. The fourth-order valence-electron chi connectivity index (χ4n) is 2.55. The molecule has 166 valence electrons. The molecule has 0 unspecified atom stereocenters. The number of rotatable bonds is 8. The summed E-state index contributed by atoms with van der Waals surface area (Å²) >= 11 is 5.78. The maximum absolute atomic E-state index is 12.6. The van der Waals surface area contributed by atoms with Crippen molar-refractivity contribution in [3.05, 3.63) is 64.7 Å². The Hall–Kier alpha value is -3.11. The third-order valence-corrected chi connectivity index (χ3v) is 5.39. The van der Waals surface area contributed by atoms with Crippen molar-refractivity contribution >= 4 is 39.2 Å². The molecular weight excluding hydrogens is 446 g/mol. The molecule has 0 heterocycles. The summed E-state index contributed by atoms with van der Waals surface area (Å²) < 4.78 is 28.2. The summed E-state index contributed by atoms with van der Waals surface area (Å²) in [6.07, 6.45) is 0.828. The molecule has 1 atom stereocenters. The van der Waals surface area contributed by atoms with Gasteiger partial charge >= 0.3 is 0 Å². The Morgan fingerprint density at radius 3 is 2.26 bits per heavy atom. The molecule has 0 aliphatic heterocycles. The number of ether oxygens (including phenoxy) is 1. The van der Waals surface area contributed by atoms with Gasteiger partial charge in [-0.15, -0.1) is 0 Å². The van der Waals surface area contributed by atoms with Gasteiger partial charge in [-0.2, -0.15) is 0 Å². The van der Waals surface area contributed by atoms with Gasteiger partial charge < -0.3 is 10.1 Å². The summed E-state index contributed by atoms with van der Waals surface area (Å²) in [5, 5.41) is 2.93. The molecule has 0 saturated carbocycles. The van der Waals surface area contributed by atoms with Crippen LogP contribution in [0.1, 0.15) is 27.1 Å². The molecule has 0 aromatic heterocycles. The van der Waals surface area contributed by atoms with Crippen LogP contribution < -0.4 is 20.9 Å². The van der Waals surface area contributed by atoms with Gasteiger partial charge in [0.25, 0.3) is 17.7 Å². The second-order valence-electron chi connectivity index (χ2n) is 6.60. The monoisotopic (exact) mass is 467 g/mol. The summed E-state index contributed by atoms with van der Waals surface area (Å²) in [6.45, 7) is 0. The van der Waals surface area contributed by atoms with Gasteiger partial charge in [0.05, 0.1) is 18.4 Å². The van der Waals surface area contributed by atoms with Crippen LogP contribution >= 0.6 is 11.6 Å². The normalized spacial score (nSPS) is 11.8. The van der Waals surface area contributed by atoms with Crippen LogP contribution in [0.25, 0.3) is 0 Å². The van der Waals surface area contributed by atoms with Crippen molar-refractivity contribution in [1.29, 1.82) is 0 Å². The van der Waals surface area contributed by atoms with Crippen LogP contribution in [-0.4, -0.2) is 51.3 Å². The molecule has 9 nitrogen and oxygen atoms in total. The topological polar surface area (TPSA) is 131 Å². The predicted molar refractivity (Wildman–Crippen MR) is 116 cm³/mol. The number of halogens is 1. The van der Waals surface area contributed by atoms with E-state index in [9.17, 15) is 22.8 Å². The number of benzene rings is 2. The van der Waals surface area contributed by atoms with Crippen LogP contribution in [0.15, 0.2) is 48.5 Å². The summed E-state index contributed by atoms with van der Waals surface area (Å²) in [5.74, 6) is -2.08. The predicted octanol–water partition coefficient (Wildman–Crippen LogP) is 1.34. The number of sulfone groups is 1. The van der Waals surface area contributed by atoms with Crippen LogP contribution in [-0.2, 0) is 14.6 Å². The first-order valence-corrected chi connectivity index (χ1v) is 11.5. The highest BCUT2D eigenvalue weighted by Crippen LogP contribution is 2.17. The molecule has 0 aliphatic rings. The molecular formula is C20H22ClN3O6S. The average Bonchev–Trinajstić information content (AvgIpc) is 2.74. The number of carbonyl (C=O) groups excluding carboxylic acids is 3. The van der Waals surface area contributed by atoms with Gasteiger partial charge in [-0.3, -0.25) is 25.2 Å². The summed E-state index contributed by atoms with van der Waals surface area (Å²) in [4.78, 5) is 37.4. The van der Waals surface area contributed by atoms with Crippen LogP contribution in [0.4, 0.5) is 0 Å². The lowest BCUT2D eigenvalue weighted by molar-refractivity contribution is -0.123. The van der Waals surface area contributed by atoms with E-state index in [4.69, 9.17) is 16.3 Å². The molecule has 2 aromatic rings. The summed E-state index contributed by atoms with van der Waals surface area (Å²) in [6, 6.07) is 11.1. The lowest BCUT2D eigenvalue weighted by Gasteiger charge is -2.19. The van der Waals surface area contributed by atoms with Crippen LogP contribution in [0.3, 0.4) is 0 Å². The van der Waals surface area contributed by atoms with E-state index in [1.807, 2.05) is 0 Å². The van der Waals surface area contributed by atoms with E-state index in [-0.39, 0.29) is 23.3 Å². The number of amides is 3. The van der Waals surface area contributed by atoms with Crippen molar-refractivity contribution in [2.45, 2.75) is 12.5 Å². The van der Waals surface area contributed by atoms with Crippen molar-refractivity contribution in [2.75, 3.05) is 19.1 Å². The van der Waals surface area contributed by atoms with Crippen LogP contribution in [0.5, 0.6) is 5.75 Å². The van der Waals surface area contributed by atoms with Crippen molar-refractivity contribution < 1.29 is 27.5 Å². The zero-order chi connectivity index (χ0) is 23.0. The molecule has 0 aliphatic carbocycles. The van der Waals surface area contributed by atoms with Crippen LogP contribution in [0, 0.1) is 0 Å². The van der Waals surface area contributed by atoms with E-state index >= 15 is 0 Å². The minimum absolute atomic E-state index is 0.173. The van der Waals surface area contributed by atoms with Gasteiger partial charge in [0.1, 0.15) is 21.6 Å². The Morgan fingerprint density at radius 2 is 1.65 bits per heavy atom. The molecule has 31 heavy (non-hydrogen) atoms. The number of hydrazine groups is 1. The van der Waals surface area contributed by atoms with Gasteiger partial charge in [0.15, 0.2) is 0 Å². The maximum atomic E-state index is 12.6. The fourth-order valence-corrected chi connectivity index (χ4v) is 3.34. The van der Waals surface area contributed by atoms with Crippen molar-refractivity contribution in [3.63, 3.8) is 0 Å². The maximum Gasteiger partial charge on any atom is 0.269 e. The largest absolute Gasteiger partial charge is 0.496 e. The molecule has 3 N–H and O–H groups in total. The minimum Gasteiger partial charge on any atom is -0.496 e. The highest BCUT2D eigenvalue weighted by atomic mass is 35.5. The quantitative estimate of drug-likeness (QED) is 0.502. The third-order valence-electron chi connectivity index (χ3n) is 4.16. The van der Waals surface area contributed by atoms with Gasteiger partial charge in [0.2, 0.25) is 0 Å². The molecule has 2 aromatic carbocycles. The zero-order valence-corrected chi connectivity index (χ0v) is 18.4. The highest BCUT2D eigenvalue weighted by molar-refractivity contribution is 7.90. The Morgan fingerprint density at radius 1 is 1.00 bits per heavy atom. The Kier molecular flexibility index (Phi) is 8.40. The van der Waals surface area contributed by atoms with E-state index in [0.29, 0.717) is 10.8 Å². The van der Waals surface area contributed by atoms with Gasteiger partial charge in [-0.05, 0) is 42.8 Å². The molecule has 0 spiro atoms. The van der Waals surface area contributed by atoms with E-state index in [1.165, 1.54) is 37.4 Å². The SMILES string of the molecule is COc1ccccc1C(=O)N[C@@H](CCS(C)(=O)=O)C(=O)NNC(=O)c1ccc(Cl)cc1.